The highest BCUT2D eigenvalue weighted by molar-refractivity contribution is 5.95. The number of carboxylic acid groups (broad SMARTS) is 1. The van der Waals surface area contributed by atoms with Crippen molar-refractivity contribution in [2.24, 2.45) is 67.2 Å². The fourth-order valence-electron chi connectivity index (χ4n) is 14.6. The number of esters is 1. The number of rotatable bonds is 13. The Morgan fingerprint density at radius 2 is 1.48 bits per heavy atom. The molecule has 0 heterocycles. The lowest BCUT2D eigenvalue weighted by Gasteiger charge is -2.73. The molecule has 6 rings (SSSR count). The summed E-state index contributed by atoms with van der Waals surface area (Å²) in [7, 11) is 0. The predicted octanol–water partition coefficient (Wildman–Crippen LogP) is 10.9. The lowest BCUT2D eigenvalue weighted by molar-refractivity contribution is -0.250. The van der Waals surface area contributed by atoms with Crippen LogP contribution in [-0.4, -0.2) is 48.1 Å². The van der Waals surface area contributed by atoms with Gasteiger partial charge in [-0.05, 0) is 133 Å². The van der Waals surface area contributed by atoms with Gasteiger partial charge in [0.25, 0.3) is 5.91 Å². The highest BCUT2D eigenvalue weighted by atomic mass is 19.2. The van der Waals surface area contributed by atoms with Gasteiger partial charge in [-0.25, -0.2) is 17.6 Å². The number of fused-ring (bicyclic) bond motifs is 7. The van der Waals surface area contributed by atoms with Gasteiger partial charge in [0, 0.05) is 29.8 Å². The molecule has 1 aromatic rings. The molecule has 0 aromatic heterocycles. The van der Waals surface area contributed by atoms with E-state index in [2.05, 4.69) is 68.8 Å². The number of amides is 2. The Morgan fingerprint density at radius 3 is 2.10 bits per heavy atom. The van der Waals surface area contributed by atoms with Crippen molar-refractivity contribution in [3.63, 3.8) is 0 Å². The number of benzene rings is 1. The third-order valence-electron chi connectivity index (χ3n) is 17.6. The van der Waals surface area contributed by atoms with Crippen LogP contribution < -0.4 is 10.6 Å². The van der Waals surface area contributed by atoms with Crippen LogP contribution in [0, 0.1) is 85.3 Å². The van der Waals surface area contributed by atoms with E-state index in [1.165, 1.54) is 0 Å². The number of ether oxygens (including phenoxy) is 1. The minimum Gasteiger partial charge on any atom is -0.481 e. The smallest absolute Gasteiger partial charge is 0.306 e. The maximum Gasteiger partial charge on any atom is 0.306 e. The number of hydrogen-bond acceptors (Lipinski definition) is 6. The Hall–Kier alpha value is -4.13. The Bertz CT molecular complexity index is 2040. The summed E-state index contributed by atoms with van der Waals surface area (Å²) in [5, 5.41) is 17.1. The van der Waals surface area contributed by atoms with Crippen molar-refractivity contribution in [3.05, 3.63) is 51.4 Å². The Kier molecular flexibility index (Phi) is 12.8. The van der Waals surface area contributed by atoms with E-state index in [4.69, 9.17) is 10.3 Å². The summed E-state index contributed by atoms with van der Waals surface area (Å²) < 4.78 is 63.9. The number of allylic oxidation sites excluding steroid dienone is 1. The first-order chi connectivity index (χ1) is 28.8. The van der Waals surface area contributed by atoms with Gasteiger partial charge in [-0.3, -0.25) is 19.2 Å². The van der Waals surface area contributed by atoms with Crippen molar-refractivity contribution in [2.75, 3.05) is 13.1 Å². The molecular weight excluding hydrogens is 807 g/mol. The standard InChI is InChI=1S/C47H65F4N5O6/c1-25(2)26-12-17-47(22-31(57)53-20-21-54-41(61)34-36(48)38(50)40(55-56-52)39(51)37(34)49)19-18-45(8)27(35(26)47)10-11-29-44(7)15-14-30(43(5,6)28(44)13-16-46(29,45)9)62-33(60)24-42(3,4)23-32(58)59/h26-30,35H,1,10-24H2,2-9H3,(H,53,57)(H,54,61)(H,58,59)/t26?,27-,28+,29-,30+,35-,44+,45-,46-,47-/m1/s1. The van der Waals surface area contributed by atoms with Gasteiger partial charge in [-0.1, -0.05) is 65.7 Å². The molecule has 5 aliphatic rings. The van der Waals surface area contributed by atoms with Crippen LogP contribution in [0.4, 0.5) is 23.2 Å². The number of carbonyl (C=O) groups is 4. The van der Waals surface area contributed by atoms with Crippen LogP contribution in [-0.2, 0) is 19.1 Å². The molecular formula is C47H65F4N5O6. The van der Waals surface area contributed by atoms with Gasteiger partial charge in [0.1, 0.15) is 17.4 Å². The molecule has 15 heteroatoms. The molecule has 5 saturated carbocycles. The SMILES string of the molecule is C=C(C)C1CC[C@]2(CC(=O)NCCNC(=O)c3c(F)c(F)c(N=[N+]=[N-])c(F)c3F)CC[C@]3(C)[C@H](CC[C@@H]4[C@@]5(C)CC[C@H](OC(=O)CC(C)(C)CC(=O)O)C(C)(C)[C@@H]5CC[C@]43C)[C@@H]12. The van der Waals surface area contributed by atoms with Crippen molar-refractivity contribution in [2.45, 2.75) is 145 Å². The molecule has 1 aromatic carbocycles. The fraction of sp³-hybridized carbons (Fsp3) is 0.745. The topological polar surface area (TPSA) is 171 Å². The molecule has 0 spiro atoms. The van der Waals surface area contributed by atoms with Crippen LogP contribution in [0.5, 0.6) is 0 Å². The lowest BCUT2D eigenvalue weighted by Crippen LogP contribution is -2.67. The average molecular weight is 872 g/mol. The molecule has 1 unspecified atom stereocenters. The van der Waals surface area contributed by atoms with Crippen LogP contribution in [0.2, 0.25) is 0 Å². The number of nitrogens with zero attached hydrogens (tertiary/aromatic N) is 3. The molecule has 10 atom stereocenters. The summed E-state index contributed by atoms with van der Waals surface area (Å²) in [5.41, 5.74) is 5.43. The van der Waals surface area contributed by atoms with Crippen molar-refractivity contribution in [1.29, 1.82) is 0 Å². The quantitative estimate of drug-likeness (QED) is 0.0260. The number of halogens is 4. The first kappa shape index (κ1) is 47.4. The van der Waals surface area contributed by atoms with E-state index < -0.39 is 51.8 Å². The molecule has 2 amide bonds. The summed E-state index contributed by atoms with van der Waals surface area (Å²) in [5.74, 6) is -9.21. The summed E-state index contributed by atoms with van der Waals surface area (Å²) in [6.07, 6.45) is 9.55. The van der Waals surface area contributed by atoms with Crippen LogP contribution in [0.25, 0.3) is 10.4 Å². The normalized spacial score (nSPS) is 34.6. The minimum atomic E-state index is -1.99. The zero-order valence-corrected chi connectivity index (χ0v) is 37.6. The molecule has 5 fully saturated rings. The van der Waals surface area contributed by atoms with Crippen molar-refractivity contribution < 1.29 is 46.6 Å². The second-order valence-corrected chi connectivity index (χ2v) is 21.7. The van der Waals surface area contributed by atoms with Crippen LogP contribution >= 0.6 is 0 Å². The largest absolute Gasteiger partial charge is 0.481 e. The maximum absolute atomic E-state index is 14.6. The van der Waals surface area contributed by atoms with Crippen molar-refractivity contribution >= 4 is 29.4 Å². The van der Waals surface area contributed by atoms with Crippen LogP contribution in [0.15, 0.2) is 17.3 Å². The van der Waals surface area contributed by atoms with Crippen LogP contribution in [0.1, 0.15) is 149 Å². The zero-order chi connectivity index (χ0) is 46.0. The second-order valence-electron chi connectivity index (χ2n) is 21.7. The van der Waals surface area contributed by atoms with Gasteiger partial charge in [-0.2, -0.15) is 0 Å². The second kappa shape index (κ2) is 16.8. The van der Waals surface area contributed by atoms with E-state index in [9.17, 15) is 41.8 Å². The number of hydrogen-bond donors (Lipinski definition) is 3. The van der Waals surface area contributed by atoms with E-state index in [0.29, 0.717) is 17.8 Å². The molecule has 0 radical (unpaired) electrons. The first-order valence-electron chi connectivity index (χ1n) is 22.3. The van der Waals surface area contributed by atoms with E-state index in [1.807, 2.05) is 0 Å². The van der Waals surface area contributed by atoms with Gasteiger partial charge < -0.3 is 20.5 Å². The molecule has 3 N–H and O–H groups in total. The fourth-order valence-corrected chi connectivity index (χ4v) is 14.6. The number of aliphatic carboxylic acids is 1. The number of carboxylic acids is 1. The summed E-state index contributed by atoms with van der Waals surface area (Å²) >= 11 is 0. The van der Waals surface area contributed by atoms with Crippen LogP contribution in [0.3, 0.4) is 0 Å². The third-order valence-corrected chi connectivity index (χ3v) is 17.6. The van der Waals surface area contributed by atoms with Crippen molar-refractivity contribution in [3.8, 4) is 0 Å². The van der Waals surface area contributed by atoms with Gasteiger partial charge >= 0.3 is 11.9 Å². The summed E-state index contributed by atoms with van der Waals surface area (Å²) in [6, 6.07) is 0. The summed E-state index contributed by atoms with van der Waals surface area (Å²) in [6.45, 7) is 21.8. The highest BCUT2D eigenvalue weighted by Crippen LogP contribution is 2.78. The monoisotopic (exact) mass is 871 g/mol. The Balaban J connectivity index is 1.14. The van der Waals surface area contributed by atoms with E-state index in [0.717, 1.165) is 69.8 Å². The van der Waals surface area contributed by atoms with Gasteiger partial charge in [-0.15, -0.1) is 0 Å². The number of azide groups is 1. The number of nitrogens with one attached hydrogen (secondary N) is 2. The maximum atomic E-state index is 14.6. The van der Waals surface area contributed by atoms with E-state index >= 15 is 0 Å². The Morgan fingerprint density at radius 1 is 0.839 bits per heavy atom. The lowest BCUT2D eigenvalue weighted by atomic mass is 9.32. The number of carbonyl (C=O) groups excluding carboxylic acids is 3. The van der Waals surface area contributed by atoms with Gasteiger partial charge in [0.15, 0.2) is 23.3 Å². The molecule has 0 saturated heterocycles. The van der Waals surface area contributed by atoms with Gasteiger partial charge in [0.2, 0.25) is 5.91 Å². The Labute approximate surface area is 362 Å². The van der Waals surface area contributed by atoms with E-state index in [-0.39, 0.29) is 89.2 Å². The molecule has 5 aliphatic carbocycles. The minimum absolute atomic E-state index is 0.00268. The van der Waals surface area contributed by atoms with E-state index in [1.54, 1.807) is 13.8 Å². The highest BCUT2D eigenvalue weighted by Gasteiger charge is 2.71. The molecule has 62 heavy (non-hydrogen) atoms. The molecule has 0 aliphatic heterocycles. The predicted molar refractivity (Wildman–Crippen MR) is 225 cm³/mol. The molecule has 11 nitrogen and oxygen atoms in total. The molecule has 342 valence electrons. The zero-order valence-electron chi connectivity index (χ0n) is 37.6. The first-order valence-corrected chi connectivity index (χ1v) is 22.3. The molecule has 0 bridgehead atoms. The van der Waals surface area contributed by atoms with Gasteiger partial charge in [0.05, 0.1) is 12.8 Å². The summed E-state index contributed by atoms with van der Waals surface area (Å²) in [4.78, 5) is 53.2. The average Bonchev–Trinajstić information content (AvgIpc) is 3.54. The van der Waals surface area contributed by atoms with Crippen molar-refractivity contribution in [1.82, 2.24) is 10.6 Å². The third kappa shape index (κ3) is 7.91.